The van der Waals surface area contributed by atoms with Crippen LogP contribution >= 0.6 is 0 Å². The van der Waals surface area contributed by atoms with E-state index in [4.69, 9.17) is 14.2 Å². The van der Waals surface area contributed by atoms with Crippen molar-refractivity contribution in [3.8, 4) is 11.5 Å². The van der Waals surface area contributed by atoms with Gasteiger partial charge in [-0.2, -0.15) is 0 Å². The van der Waals surface area contributed by atoms with Crippen molar-refractivity contribution in [1.82, 2.24) is 14.7 Å². The number of amides is 3. The quantitative estimate of drug-likeness (QED) is 0.412. The summed E-state index contributed by atoms with van der Waals surface area (Å²) >= 11 is 0. The van der Waals surface area contributed by atoms with E-state index in [0.29, 0.717) is 75.7 Å². The Labute approximate surface area is 270 Å². The summed E-state index contributed by atoms with van der Waals surface area (Å²) in [7, 11) is 1.76. The predicted octanol–water partition coefficient (Wildman–Crippen LogP) is 3.72. The first-order valence-electron chi connectivity index (χ1n) is 16.2. The molecular formula is C36H42N4O6. The van der Waals surface area contributed by atoms with E-state index in [-0.39, 0.29) is 24.3 Å². The molecule has 0 unspecified atom stereocenters. The van der Waals surface area contributed by atoms with Crippen LogP contribution in [0.3, 0.4) is 0 Å². The average Bonchev–Trinajstić information content (AvgIpc) is 3.50. The number of morpholine rings is 1. The fraction of sp³-hybridized carbons (Fsp3) is 0.417. The summed E-state index contributed by atoms with van der Waals surface area (Å²) in [5, 5.41) is 0. The Morgan fingerprint density at radius 3 is 2.54 bits per heavy atom. The fourth-order valence-corrected chi connectivity index (χ4v) is 6.22. The van der Waals surface area contributed by atoms with Crippen molar-refractivity contribution >= 4 is 23.4 Å². The number of likely N-dealkylation sites (tertiary alicyclic amines) is 1. The highest BCUT2D eigenvalue weighted by Crippen LogP contribution is 2.29. The zero-order valence-corrected chi connectivity index (χ0v) is 26.5. The first-order chi connectivity index (χ1) is 22.5. The fourth-order valence-electron chi connectivity index (χ4n) is 6.22. The number of carbonyl (C=O) groups is 3. The monoisotopic (exact) mass is 626 g/mol. The number of hydrogen-bond donors (Lipinski definition) is 0. The Hall–Kier alpha value is -4.57. The maximum absolute atomic E-state index is 14.0. The van der Waals surface area contributed by atoms with Crippen LogP contribution in [0.25, 0.3) is 0 Å². The molecule has 3 aromatic carbocycles. The Balaban J connectivity index is 1.23. The van der Waals surface area contributed by atoms with Crippen LogP contribution in [0.2, 0.25) is 0 Å². The number of para-hydroxylation sites is 1. The van der Waals surface area contributed by atoms with Gasteiger partial charge in [0, 0.05) is 69.4 Å². The highest BCUT2D eigenvalue weighted by atomic mass is 16.5. The molecule has 0 N–H and O–H groups in total. The normalized spacial score (nSPS) is 17.8. The van der Waals surface area contributed by atoms with Gasteiger partial charge >= 0.3 is 0 Å². The lowest BCUT2D eigenvalue weighted by Gasteiger charge is -2.30. The third kappa shape index (κ3) is 7.45. The maximum atomic E-state index is 14.0. The zero-order valence-electron chi connectivity index (χ0n) is 26.5. The molecule has 0 aromatic heterocycles. The van der Waals surface area contributed by atoms with E-state index in [1.165, 1.54) is 0 Å². The van der Waals surface area contributed by atoms with E-state index in [0.717, 1.165) is 48.6 Å². The standard InChI is InChI=1S/C36H42N4O6/c1-37-14-15-40(36(43)31-8-2-3-9-33(31)46-22-18-39-13-5-10-34(39)41)19-23-45-32-12-11-30(38-16-20-44-21-17-38)26-29(32)25-27-6-4-7-28(24-27)35(37)42/h2-4,6-9,11-12,24,26H,5,10,13-23,25H2,1H3. The zero-order chi connectivity index (χ0) is 31.9. The van der Waals surface area contributed by atoms with Crippen molar-refractivity contribution in [2.24, 2.45) is 0 Å². The summed E-state index contributed by atoms with van der Waals surface area (Å²) in [5.74, 6) is 1.08. The number of rotatable bonds is 6. The second-order valence-electron chi connectivity index (χ2n) is 12.0. The van der Waals surface area contributed by atoms with Crippen LogP contribution in [0.15, 0.2) is 66.7 Å². The molecule has 242 valence electrons. The van der Waals surface area contributed by atoms with Gasteiger partial charge < -0.3 is 33.8 Å². The van der Waals surface area contributed by atoms with Crippen molar-refractivity contribution in [3.63, 3.8) is 0 Å². The minimum absolute atomic E-state index is 0.0926. The first kappa shape index (κ1) is 31.4. The van der Waals surface area contributed by atoms with Crippen molar-refractivity contribution < 1.29 is 28.6 Å². The van der Waals surface area contributed by atoms with Crippen molar-refractivity contribution in [2.75, 3.05) is 84.2 Å². The van der Waals surface area contributed by atoms with Gasteiger partial charge in [-0.15, -0.1) is 0 Å². The Bertz CT molecular complexity index is 1550. The molecule has 46 heavy (non-hydrogen) atoms. The van der Waals surface area contributed by atoms with Gasteiger partial charge in [0.2, 0.25) is 5.91 Å². The molecule has 10 heteroatoms. The summed E-state index contributed by atoms with van der Waals surface area (Å²) in [6.45, 7) is 5.87. The average molecular weight is 627 g/mol. The number of ether oxygens (including phenoxy) is 3. The molecule has 2 bridgehead atoms. The molecule has 3 heterocycles. The van der Waals surface area contributed by atoms with E-state index >= 15 is 0 Å². The van der Waals surface area contributed by atoms with Gasteiger partial charge in [0.05, 0.1) is 31.9 Å². The van der Waals surface area contributed by atoms with Gasteiger partial charge in [-0.05, 0) is 54.4 Å². The van der Waals surface area contributed by atoms with Gasteiger partial charge in [0.1, 0.15) is 24.7 Å². The molecule has 6 rings (SSSR count). The molecule has 3 aliphatic heterocycles. The Morgan fingerprint density at radius 1 is 0.870 bits per heavy atom. The molecule has 0 spiro atoms. The molecule has 0 radical (unpaired) electrons. The molecule has 10 nitrogen and oxygen atoms in total. The smallest absolute Gasteiger partial charge is 0.257 e. The number of likely N-dealkylation sites (N-methyl/N-ethyl adjacent to an activating group) is 1. The topological polar surface area (TPSA) is 91.9 Å². The lowest BCUT2D eigenvalue weighted by molar-refractivity contribution is -0.128. The molecule has 2 fully saturated rings. The third-order valence-corrected chi connectivity index (χ3v) is 8.85. The van der Waals surface area contributed by atoms with E-state index in [2.05, 4.69) is 17.0 Å². The van der Waals surface area contributed by atoms with Crippen molar-refractivity contribution in [1.29, 1.82) is 0 Å². The number of benzene rings is 3. The highest BCUT2D eigenvalue weighted by Gasteiger charge is 2.24. The van der Waals surface area contributed by atoms with Crippen LogP contribution in [-0.4, -0.2) is 112 Å². The third-order valence-electron chi connectivity index (χ3n) is 8.85. The molecule has 3 aromatic rings. The van der Waals surface area contributed by atoms with E-state index < -0.39 is 0 Å². The molecule has 0 aliphatic carbocycles. The SMILES string of the molecule is CN1CCN(C(=O)c2ccccc2OCCN2CCCC2=O)CCOc2ccc(N3CCOCC3)cc2Cc2cccc(c2)C1=O. The van der Waals surface area contributed by atoms with Crippen LogP contribution in [0.5, 0.6) is 11.5 Å². The van der Waals surface area contributed by atoms with Crippen LogP contribution < -0.4 is 14.4 Å². The van der Waals surface area contributed by atoms with Crippen LogP contribution in [-0.2, 0) is 16.0 Å². The van der Waals surface area contributed by atoms with E-state index in [1.54, 1.807) is 33.9 Å². The molecule has 2 saturated heterocycles. The van der Waals surface area contributed by atoms with Crippen LogP contribution in [0.1, 0.15) is 44.7 Å². The summed E-state index contributed by atoms with van der Waals surface area (Å²) < 4.78 is 18.0. The number of fused-ring (bicyclic) bond motifs is 3. The summed E-state index contributed by atoms with van der Waals surface area (Å²) in [4.78, 5) is 47.0. The van der Waals surface area contributed by atoms with Gasteiger partial charge in [0.25, 0.3) is 11.8 Å². The van der Waals surface area contributed by atoms with Gasteiger partial charge in [0.15, 0.2) is 0 Å². The minimum atomic E-state index is -0.200. The van der Waals surface area contributed by atoms with Crippen molar-refractivity contribution in [2.45, 2.75) is 19.3 Å². The lowest BCUT2D eigenvalue weighted by Crippen LogP contribution is -2.41. The largest absolute Gasteiger partial charge is 0.491 e. The number of carbonyl (C=O) groups excluding carboxylic acids is 3. The van der Waals surface area contributed by atoms with Crippen LogP contribution in [0, 0.1) is 0 Å². The highest BCUT2D eigenvalue weighted by molar-refractivity contribution is 5.97. The molecule has 3 amide bonds. The lowest BCUT2D eigenvalue weighted by atomic mass is 10.0. The Morgan fingerprint density at radius 2 is 1.72 bits per heavy atom. The van der Waals surface area contributed by atoms with Crippen LogP contribution in [0.4, 0.5) is 5.69 Å². The van der Waals surface area contributed by atoms with Crippen molar-refractivity contribution in [3.05, 3.63) is 89.0 Å². The second kappa shape index (κ2) is 14.7. The molecular weight excluding hydrogens is 584 g/mol. The first-order valence-corrected chi connectivity index (χ1v) is 16.2. The molecule has 0 saturated carbocycles. The van der Waals surface area contributed by atoms with Gasteiger partial charge in [-0.3, -0.25) is 14.4 Å². The second-order valence-corrected chi connectivity index (χ2v) is 12.0. The number of hydrogen-bond acceptors (Lipinski definition) is 7. The maximum Gasteiger partial charge on any atom is 0.257 e. The summed E-state index contributed by atoms with van der Waals surface area (Å²) in [5.41, 5.74) is 4.21. The van der Waals surface area contributed by atoms with Gasteiger partial charge in [-0.1, -0.05) is 24.3 Å². The van der Waals surface area contributed by atoms with E-state index in [9.17, 15) is 14.4 Å². The van der Waals surface area contributed by atoms with Gasteiger partial charge in [-0.25, -0.2) is 0 Å². The minimum Gasteiger partial charge on any atom is -0.491 e. The molecule has 0 atom stereocenters. The van der Waals surface area contributed by atoms with E-state index in [1.807, 2.05) is 42.5 Å². The predicted molar refractivity (Wildman–Crippen MR) is 175 cm³/mol. The summed E-state index contributed by atoms with van der Waals surface area (Å²) in [6.07, 6.45) is 2.05. The number of nitrogens with zero attached hydrogens (tertiary/aromatic N) is 4. The number of anilines is 1. The molecule has 3 aliphatic rings. The Kier molecular flexibility index (Phi) is 10.0. The summed E-state index contributed by atoms with van der Waals surface area (Å²) in [6, 6.07) is 21.2.